The highest BCUT2D eigenvalue weighted by Crippen LogP contribution is 2.14. The Balaban J connectivity index is 0.00000420. The van der Waals surface area contributed by atoms with Crippen LogP contribution in [0.15, 0.2) is 36.7 Å². The van der Waals surface area contributed by atoms with Crippen molar-refractivity contribution in [2.75, 3.05) is 10.9 Å². The van der Waals surface area contributed by atoms with Crippen molar-refractivity contribution in [2.24, 2.45) is 11.7 Å². The van der Waals surface area contributed by atoms with Gasteiger partial charge in [-0.3, -0.25) is 10.2 Å². The molecular weight excluding hydrogens is 406 g/mol. The van der Waals surface area contributed by atoms with Crippen LogP contribution in [0.1, 0.15) is 33.6 Å². The molecule has 0 saturated carbocycles. The van der Waals surface area contributed by atoms with Crippen molar-refractivity contribution in [1.82, 2.24) is 9.97 Å². The molecule has 0 unspecified atom stereocenters. The maximum atomic E-state index is 12.0. The molecule has 2 heterocycles. The summed E-state index contributed by atoms with van der Waals surface area (Å²) in [5.41, 5.74) is 4.44. The van der Waals surface area contributed by atoms with Gasteiger partial charge in [0.2, 0.25) is 0 Å². The van der Waals surface area contributed by atoms with Crippen molar-refractivity contribution in [3.05, 3.63) is 47.8 Å². The molecule has 0 radical (unpaired) electrons. The quantitative estimate of drug-likeness (QED) is 0.105. The Morgan fingerprint density at radius 3 is 1.86 bits per heavy atom. The molecule has 2 aromatic heterocycles. The van der Waals surface area contributed by atoms with E-state index in [0.29, 0.717) is 0 Å². The van der Waals surface area contributed by atoms with Gasteiger partial charge in [0.25, 0.3) is 0 Å². The average Bonchev–Trinajstić information content (AvgIpc) is 2.72. The molecule has 2 rings (SSSR count). The van der Waals surface area contributed by atoms with Crippen LogP contribution >= 0.6 is 12.4 Å². The number of esters is 3. The number of pyridine rings is 2. The average molecular weight is 424 g/mol. The van der Waals surface area contributed by atoms with Gasteiger partial charge in [0.15, 0.2) is 17.5 Å². The Morgan fingerprint density at radius 1 is 0.897 bits per heavy atom. The molecule has 0 bridgehead atoms. The summed E-state index contributed by atoms with van der Waals surface area (Å²) < 4.78 is 9.50. The van der Waals surface area contributed by atoms with Crippen LogP contribution in [-0.2, 0) is 14.3 Å². The van der Waals surface area contributed by atoms with Gasteiger partial charge in [-0.25, -0.2) is 31.2 Å². The van der Waals surface area contributed by atoms with Gasteiger partial charge >= 0.3 is 17.9 Å². The molecule has 0 aliphatic carbocycles. The first-order chi connectivity index (χ1) is 13.5. The minimum atomic E-state index is -0.955. The molecule has 0 spiro atoms. The lowest BCUT2D eigenvalue weighted by molar-refractivity contribution is -0.137. The summed E-state index contributed by atoms with van der Waals surface area (Å²) in [6, 6.07) is 5.74. The number of carbonyl (C=O) groups excluding carboxylic acids is 3. The fraction of sp³-hybridized carbons (Fsp3) is 0.125. The van der Waals surface area contributed by atoms with Crippen molar-refractivity contribution in [3.8, 4) is 0 Å². The fourth-order valence-electron chi connectivity index (χ4n) is 2.01. The summed E-state index contributed by atoms with van der Waals surface area (Å²) in [5.74, 6) is 7.37. The molecule has 0 aliphatic rings. The smallest absolute Gasteiger partial charge is 0.349 e. The van der Waals surface area contributed by atoms with Crippen LogP contribution in [0.4, 0.5) is 11.6 Å². The summed E-state index contributed by atoms with van der Waals surface area (Å²) in [6.45, 7) is 0. The van der Waals surface area contributed by atoms with Crippen LogP contribution in [0.3, 0.4) is 0 Å². The lowest BCUT2D eigenvalue weighted by Crippen LogP contribution is -2.20. The Labute approximate surface area is 170 Å². The molecule has 0 amide bonds. The first-order valence-corrected chi connectivity index (χ1v) is 7.84. The highest BCUT2D eigenvalue weighted by Gasteiger charge is 2.19. The van der Waals surface area contributed by atoms with E-state index in [9.17, 15) is 14.4 Å². The number of hydrogen-bond acceptors (Lipinski definition) is 12. The van der Waals surface area contributed by atoms with Crippen molar-refractivity contribution in [3.63, 3.8) is 0 Å². The van der Waals surface area contributed by atoms with E-state index in [4.69, 9.17) is 21.8 Å². The van der Waals surface area contributed by atoms with Crippen molar-refractivity contribution in [2.45, 2.75) is 12.8 Å². The number of carbonyl (C=O) groups is 3. The summed E-state index contributed by atoms with van der Waals surface area (Å²) in [4.78, 5) is 43.4. The lowest BCUT2D eigenvalue weighted by Gasteiger charge is -2.09. The number of hydrazine groups is 2. The summed E-state index contributed by atoms with van der Waals surface area (Å²) in [7, 11) is 0. The van der Waals surface area contributed by atoms with Crippen molar-refractivity contribution in [1.29, 1.82) is 5.41 Å². The van der Waals surface area contributed by atoms with E-state index in [1.165, 1.54) is 36.7 Å². The number of hydrogen-bond donors (Lipinski definition) is 5. The summed E-state index contributed by atoms with van der Waals surface area (Å²) >= 11 is 0. The predicted octanol–water partition coefficient (Wildman–Crippen LogP) is 0.767. The molecule has 13 heteroatoms. The van der Waals surface area contributed by atoms with Crippen molar-refractivity contribution >= 4 is 47.8 Å². The second-order valence-corrected chi connectivity index (χ2v) is 5.16. The zero-order valence-corrected chi connectivity index (χ0v) is 15.7. The molecule has 154 valence electrons. The van der Waals surface area contributed by atoms with Gasteiger partial charge in [0.05, 0.1) is 6.42 Å². The number of nitrogens with one attached hydrogen (secondary N) is 3. The van der Waals surface area contributed by atoms with E-state index < -0.39 is 23.8 Å². The predicted molar refractivity (Wildman–Crippen MR) is 104 cm³/mol. The van der Waals surface area contributed by atoms with Gasteiger partial charge in [-0.15, -0.1) is 12.4 Å². The van der Waals surface area contributed by atoms with Crippen LogP contribution in [0.25, 0.3) is 0 Å². The lowest BCUT2D eigenvalue weighted by atomic mass is 10.2. The zero-order valence-electron chi connectivity index (χ0n) is 14.9. The van der Waals surface area contributed by atoms with Gasteiger partial charge in [0, 0.05) is 18.8 Å². The third-order valence-electron chi connectivity index (χ3n) is 3.31. The Bertz CT molecular complexity index is 835. The third-order valence-corrected chi connectivity index (χ3v) is 3.31. The number of anilines is 2. The number of ether oxygens (including phenoxy) is 2. The van der Waals surface area contributed by atoms with E-state index in [1.54, 1.807) is 0 Å². The van der Waals surface area contributed by atoms with Crippen molar-refractivity contribution < 1.29 is 23.9 Å². The Morgan fingerprint density at radius 2 is 1.38 bits per heavy atom. The van der Waals surface area contributed by atoms with Gasteiger partial charge < -0.3 is 20.3 Å². The minimum absolute atomic E-state index is 0. The van der Waals surface area contributed by atoms with E-state index in [1.807, 2.05) is 0 Å². The normalized spacial score (nSPS) is 9.59. The molecular formula is C16H18ClN7O5. The minimum Gasteiger partial charge on any atom is -0.408 e. The highest BCUT2D eigenvalue weighted by atomic mass is 35.5. The standard InChI is InChI=1S/C16H17N7O5.ClH/c17-11(27-15(25)9-3-1-7-20-13(9)22-18)5-6-12(24)28-16(26)10-4-2-8-21-14(10)23-19;/h1-4,7-8,17H,5-6,18-19H2,(H,20,22)(H,21,23);1H. The molecule has 0 aromatic carbocycles. The second kappa shape index (κ2) is 11.3. The largest absolute Gasteiger partial charge is 0.408 e. The highest BCUT2D eigenvalue weighted by molar-refractivity contribution is 6.02. The number of nitrogens with zero attached hydrogens (tertiary/aromatic N) is 2. The summed E-state index contributed by atoms with van der Waals surface area (Å²) in [5, 5.41) is 7.66. The van der Waals surface area contributed by atoms with Crippen LogP contribution in [0.5, 0.6) is 0 Å². The van der Waals surface area contributed by atoms with Gasteiger partial charge in [-0.1, -0.05) is 0 Å². The number of rotatable bonds is 7. The number of nitrogens with two attached hydrogens (primary N) is 2. The SMILES string of the molecule is Cl.N=C(CCC(=O)OC(=O)c1cccnc1NN)OC(=O)c1cccnc1NN. The Kier molecular flexibility index (Phi) is 9.12. The second-order valence-electron chi connectivity index (χ2n) is 5.16. The molecule has 0 atom stereocenters. The van der Waals surface area contributed by atoms with Crippen LogP contribution in [0, 0.1) is 5.41 Å². The molecule has 7 N–H and O–H groups in total. The molecule has 12 nitrogen and oxygen atoms in total. The van der Waals surface area contributed by atoms with Gasteiger partial charge in [-0.2, -0.15) is 0 Å². The van der Waals surface area contributed by atoms with Crippen LogP contribution in [-0.4, -0.2) is 33.8 Å². The van der Waals surface area contributed by atoms with E-state index in [2.05, 4.69) is 25.6 Å². The molecule has 0 fully saturated rings. The number of nitrogen functional groups attached to an aromatic ring is 2. The maximum Gasteiger partial charge on any atom is 0.349 e. The molecule has 0 saturated heterocycles. The van der Waals surface area contributed by atoms with E-state index in [-0.39, 0.29) is 48.0 Å². The molecule has 2 aromatic rings. The zero-order chi connectivity index (χ0) is 20.5. The number of aromatic nitrogens is 2. The monoisotopic (exact) mass is 423 g/mol. The van der Waals surface area contributed by atoms with E-state index in [0.717, 1.165) is 0 Å². The van der Waals surface area contributed by atoms with Crippen LogP contribution in [0.2, 0.25) is 0 Å². The van der Waals surface area contributed by atoms with Gasteiger partial charge in [0.1, 0.15) is 11.1 Å². The first-order valence-electron chi connectivity index (χ1n) is 7.84. The topological polar surface area (TPSA) is 195 Å². The summed E-state index contributed by atoms with van der Waals surface area (Å²) in [6.07, 6.45) is 2.19. The first kappa shape index (κ1) is 23.4. The number of halogens is 1. The van der Waals surface area contributed by atoms with Crippen LogP contribution < -0.4 is 22.5 Å². The Hall–Kier alpha value is -3.61. The molecule has 0 aliphatic heterocycles. The van der Waals surface area contributed by atoms with Gasteiger partial charge in [-0.05, 0) is 24.3 Å². The molecule has 29 heavy (non-hydrogen) atoms. The third kappa shape index (κ3) is 6.49. The fourth-order valence-corrected chi connectivity index (χ4v) is 2.01. The van der Waals surface area contributed by atoms with E-state index >= 15 is 0 Å². The maximum absolute atomic E-state index is 12.0.